The van der Waals surface area contributed by atoms with Crippen LogP contribution < -0.4 is 10.5 Å². The van der Waals surface area contributed by atoms with Crippen LogP contribution in [0.5, 0.6) is 0 Å². The highest BCUT2D eigenvalue weighted by Crippen LogP contribution is 2.02. The van der Waals surface area contributed by atoms with Crippen molar-refractivity contribution in [3.8, 4) is 0 Å². The Bertz CT molecular complexity index is 396. The summed E-state index contributed by atoms with van der Waals surface area (Å²) in [6.45, 7) is 3.41. The van der Waals surface area contributed by atoms with E-state index in [1.54, 1.807) is 19.9 Å². The van der Waals surface area contributed by atoms with Crippen LogP contribution in [0.25, 0.3) is 0 Å². The van der Waals surface area contributed by atoms with Crippen molar-refractivity contribution < 1.29 is 8.42 Å². The molecule has 1 heterocycles. The quantitative estimate of drug-likeness (QED) is 0.652. The van der Waals surface area contributed by atoms with Gasteiger partial charge in [0.05, 0.1) is 17.5 Å². The van der Waals surface area contributed by atoms with E-state index in [0.717, 1.165) is 0 Å². The number of aromatic amines is 1. The summed E-state index contributed by atoms with van der Waals surface area (Å²) in [5.41, 5.74) is 6.00. The first-order valence-electron chi connectivity index (χ1n) is 4.20. The summed E-state index contributed by atoms with van der Waals surface area (Å²) in [6, 6.07) is 1.59. The van der Waals surface area contributed by atoms with Gasteiger partial charge in [-0.2, -0.15) is 5.10 Å². The van der Waals surface area contributed by atoms with Crippen molar-refractivity contribution in [2.24, 2.45) is 0 Å². The van der Waals surface area contributed by atoms with Gasteiger partial charge in [0.1, 0.15) is 5.82 Å². The third-order valence-electron chi connectivity index (χ3n) is 1.74. The number of aromatic nitrogens is 2. The number of hydrogen-bond donors (Lipinski definition) is 3. The second-order valence-electron chi connectivity index (χ2n) is 3.23. The van der Waals surface area contributed by atoms with Gasteiger partial charge in [-0.15, -0.1) is 0 Å². The van der Waals surface area contributed by atoms with Crippen molar-refractivity contribution in [1.29, 1.82) is 0 Å². The Hall–Kier alpha value is -1.08. The van der Waals surface area contributed by atoms with Gasteiger partial charge in [0.25, 0.3) is 0 Å². The van der Waals surface area contributed by atoms with Gasteiger partial charge in [-0.25, -0.2) is 13.1 Å². The Morgan fingerprint density at radius 2 is 2.29 bits per heavy atom. The van der Waals surface area contributed by atoms with Gasteiger partial charge in [0.15, 0.2) is 0 Å². The number of nitrogens with two attached hydrogens (primary N) is 1. The highest BCUT2D eigenvalue weighted by Gasteiger charge is 2.15. The first-order valence-corrected chi connectivity index (χ1v) is 5.74. The Balaban J connectivity index is 2.57. The molecule has 1 aromatic rings. The molecular weight excluding hydrogens is 204 g/mol. The Kier molecular flexibility index (Phi) is 3.12. The van der Waals surface area contributed by atoms with Crippen LogP contribution >= 0.6 is 0 Å². The number of anilines is 1. The molecule has 0 saturated heterocycles. The van der Waals surface area contributed by atoms with Crippen molar-refractivity contribution in [2.75, 3.05) is 5.73 Å². The zero-order valence-electron chi connectivity index (χ0n) is 8.11. The average molecular weight is 218 g/mol. The number of nitrogen functional groups attached to an aromatic ring is 1. The van der Waals surface area contributed by atoms with Crippen LogP contribution in [0.4, 0.5) is 5.82 Å². The van der Waals surface area contributed by atoms with Crippen molar-refractivity contribution >= 4 is 15.8 Å². The summed E-state index contributed by atoms with van der Waals surface area (Å²) in [4.78, 5) is 0. The minimum atomic E-state index is -3.23. The average Bonchev–Trinajstić information content (AvgIpc) is 2.48. The minimum absolute atomic E-state index is 0.185. The highest BCUT2D eigenvalue weighted by molar-refractivity contribution is 7.90. The Morgan fingerprint density at radius 1 is 1.64 bits per heavy atom. The molecule has 0 aliphatic rings. The van der Waals surface area contributed by atoms with Gasteiger partial charge in [-0.1, -0.05) is 0 Å². The summed E-state index contributed by atoms with van der Waals surface area (Å²) in [5, 5.41) is 5.85. The molecule has 1 rings (SSSR count). The molecule has 0 unspecified atom stereocenters. The van der Waals surface area contributed by atoms with Crippen LogP contribution in [0.1, 0.15) is 19.5 Å². The molecule has 0 spiro atoms. The largest absolute Gasteiger partial charge is 0.382 e. The lowest BCUT2D eigenvalue weighted by molar-refractivity contribution is 0.571. The van der Waals surface area contributed by atoms with E-state index in [-0.39, 0.29) is 6.54 Å². The molecule has 80 valence electrons. The predicted molar refractivity (Wildman–Crippen MR) is 53.9 cm³/mol. The number of nitrogens with zero attached hydrogens (tertiary/aromatic N) is 1. The molecule has 4 N–H and O–H groups in total. The van der Waals surface area contributed by atoms with Crippen LogP contribution in [-0.4, -0.2) is 23.9 Å². The first-order chi connectivity index (χ1) is 6.42. The lowest BCUT2D eigenvalue weighted by Crippen LogP contribution is -2.30. The van der Waals surface area contributed by atoms with E-state index in [1.807, 2.05) is 0 Å². The maximum Gasteiger partial charge on any atom is 0.214 e. The monoisotopic (exact) mass is 218 g/mol. The standard InChI is InChI=1S/C7H14N4O2S/c1-5(2)14(12,13)9-4-6-3-7(8)11-10-6/h3,5,9H,4H2,1-2H3,(H3,8,10,11). The van der Waals surface area contributed by atoms with Gasteiger partial charge in [0, 0.05) is 6.07 Å². The van der Waals surface area contributed by atoms with Gasteiger partial charge in [-0.05, 0) is 13.8 Å². The second kappa shape index (κ2) is 3.97. The molecule has 0 amide bonds. The second-order valence-corrected chi connectivity index (χ2v) is 5.55. The summed E-state index contributed by atoms with van der Waals surface area (Å²) < 4.78 is 25.1. The van der Waals surface area contributed by atoms with Crippen LogP contribution in [0.3, 0.4) is 0 Å². The van der Waals surface area contributed by atoms with Gasteiger partial charge in [0.2, 0.25) is 10.0 Å². The minimum Gasteiger partial charge on any atom is -0.382 e. The van der Waals surface area contributed by atoms with E-state index in [2.05, 4.69) is 14.9 Å². The molecular formula is C7H14N4O2S. The number of sulfonamides is 1. The van der Waals surface area contributed by atoms with Crippen LogP contribution in [0.2, 0.25) is 0 Å². The van der Waals surface area contributed by atoms with Gasteiger partial charge in [-0.3, -0.25) is 5.10 Å². The third kappa shape index (κ3) is 2.71. The fourth-order valence-electron chi connectivity index (χ4n) is 0.815. The van der Waals surface area contributed by atoms with Gasteiger partial charge >= 0.3 is 0 Å². The third-order valence-corrected chi connectivity index (χ3v) is 3.52. The van der Waals surface area contributed by atoms with Crippen LogP contribution in [0, 0.1) is 0 Å². The van der Waals surface area contributed by atoms with Crippen LogP contribution in [0.15, 0.2) is 6.07 Å². The molecule has 0 bridgehead atoms. The van der Waals surface area contributed by atoms with Gasteiger partial charge < -0.3 is 5.73 Å². The predicted octanol–water partition coefficient (Wildman–Crippen LogP) is -0.180. The van der Waals surface area contributed by atoms with E-state index in [1.165, 1.54) is 0 Å². The SMILES string of the molecule is CC(C)S(=O)(=O)NCc1cc(N)n[nH]1. The van der Waals surface area contributed by atoms with Crippen molar-refractivity contribution in [3.63, 3.8) is 0 Å². The molecule has 1 aromatic heterocycles. The van der Waals surface area contributed by atoms with Crippen molar-refractivity contribution in [2.45, 2.75) is 25.6 Å². The number of hydrogen-bond acceptors (Lipinski definition) is 4. The summed E-state index contributed by atoms with van der Waals surface area (Å²) in [7, 11) is -3.23. The molecule has 7 heteroatoms. The van der Waals surface area contributed by atoms with Crippen LogP contribution in [-0.2, 0) is 16.6 Å². The molecule has 0 aromatic carbocycles. The van der Waals surface area contributed by atoms with E-state index in [0.29, 0.717) is 11.5 Å². The maximum absolute atomic E-state index is 11.3. The number of H-pyrrole nitrogens is 1. The van der Waals surface area contributed by atoms with E-state index >= 15 is 0 Å². The molecule has 0 aliphatic heterocycles. The Labute approximate surface area is 82.9 Å². The molecule has 0 saturated carbocycles. The number of nitrogens with one attached hydrogen (secondary N) is 2. The molecule has 14 heavy (non-hydrogen) atoms. The maximum atomic E-state index is 11.3. The summed E-state index contributed by atoms with van der Waals surface area (Å²) >= 11 is 0. The first kappa shape index (κ1) is 11.0. The molecule has 0 radical (unpaired) electrons. The number of rotatable bonds is 4. The molecule has 0 fully saturated rings. The summed E-state index contributed by atoms with van der Waals surface area (Å²) in [6.07, 6.45) is 0. The smallest absolute Gasteiger partial charge is 0.214 e. The lowest BCUT2D eigenvalue weighted by Gasteiger charge is -2.07. The zero-order chi connectivity index (χ0) is 10.8. The van der Waals surface area contributed by atoms with Crippen molar-refractivity contribution in [1.82, 2.24) is 14.9 Å². The zero-order valence-corrected chi connectivity index (χ0v) is 8.93. The lowest BCUT2D eigenvalue weighted by atomic mass is 10.4. The highest BCUT2D eigenvalue weighted by atomic mass is 32.2. The van der Waals surface area contributed by atoms with E-state index < -0.39 is 15.3 Å². The summed E-state index contributed by atoms with van der Waals surface area (Å²) in [5.74, 6) is 0.351. The normalized spacial score (nSPS) is 12.2. The van der Waals surface area contributed by atoms with Crippen molar-refractivity contribution in [3.05, 3.63) is 11.8 Å². The molecule has 0 atom stereocenters. The topological polar surface area (TPSA) is 101 Å². The molecule has 0 aliphatic carbocycles. The molecule has 6 nitrogen and oxygen atoms in total. The fraction of sp³-hybridized carbons (Fsp3) is 0.571. The fourth-order valence-corrected chi connectivity index (χ4v) is 1.51. The Morgan fingerprint density at radius 3 is 2.71 bits per heavy atom. The van der Waals surface area contributed by atoms with E-state index in [9.17, 15) is 8.42 Å². The van der Waals surface area contributed by atoms with E-state index in [4.69, 9.17) is 5.73 Å².